The number of methoxy groups -OCH3 is 1. The van der Waals surface area contributed by atoms with Crippen molar-refractivity contribution in [3.63, 3.8) is 0 Å². The third-order valence-corrected chi connectivity index (χ3v) is 7.44. The van der Waals surface area contributed by atoms with Gasteiger partial charge in [-0.25, -0.2) is 4.98 Å². The van der Waals surface area contributed by atoms with Crippen molar-refractivity contribution in [1.29, 1.82) is 0 Å². The average Bonchev–Trinajstić information content (AvgIpc) is 3.16. The average molecular weight is 415 g/mol. The number of piperidine rings is 1. The molecule has 1 saturated heterocycles. The molecule has 0 aliphatic carbocycles. The molecular weight excluding hydrogens is 384 g/mol. The largest absolute Gasteiger partial charge is 0.375 e. The summed E-state index contributed by atoms with van der Waals surface area (Å²) in [5, 5.41) is 1.19. The summed E-state index contributed by atoms with van der Waals surface area (Å²) in [7, 11) is 1.59. The maximum Gasteiger partial charge on any atom is 0.248 e. The van der Waals surface area contributed by atoms with Crippen LogP contribution in [0.15, 0.2) is 24.5 Å². The van der Waals surface area contributed by atoms with Gasteiger partial charge < -0.3 is 9.64 Å². The lowest BCUT2D eigenvalue weighted by atomic mass is 9.73. The summed E-state index contributed by atoms with van der Waals surface area (Å²) < 4.78 is 5.13. The van der Waals surface area contributed by atoms with Crippen LogP contribution in [-0.4, -0.2) is 59.0 Å². The van der Waals surface area contributed by atoms with E-state index in [1.165, 1.54) is 21.1 Å². The molecule has 2 aromatic heterocycles. The summed E-state index contributed by atoms with van der Waals surface area (Å²) in [6, 6.07) is 4.13. The number of carbonyl (C=O) groups is 1. The molecule has 7 heteroatoms. The number of likely N-dealkylation sites (tertiary alicyclic amines) is 1. The molecule has 0 aromatic carbocycles. The van der Waals surface area contributed by atoms with E-state index in [0.717, 1.165) is 39.0 Å². The molecule has 2 aliphatic rings. The van der Waals surface area contributed by atoms with Crippen LogP contribution < -0.4 is 0 Å². The fourth-order valence-corrected chi connectivity index (χ4v) is 5.69. The van der Waals surface area contributed by atoms with Crippen molar-refractivity contribution in [1.82, 2.24) is 19.8 Å². The van der Waals surface area contributed by atoms with Gasteiger partial charge in [-0.15, -0.1) is 11.3 Å². The highest BCUT2D eigenvalue weighted by molar-refractivity contribution is 7.11. The van der Waals surface area contributed by atoms with Crippen molar-refractivity contribution in [2.75, 3.05) is 33.4 Å². The lowest BCUT2D eigenvalue weighted by Crippen LogP contribution is -2.53. The van der Waals surface area contributed by atoms with Gasteiger partial charge in [-0.1, -0.05) is 19.9 Å². The monoisotopic (exact) mass is 414 g/mol. The number of ether oxygens (including phenoxy) is 1. The minimum atomic E-state index is -0.0357. The van der Waals surface area contributed by atoms with Gasteiger partial charge in [0.05, 0.1) is 17.2 Å². The predicted molar refractivity (Wildman–Crippen MR) is 114 cm³/mol. The minimum Gasteiger partial charge on any atom is -0.375 e. The van der Waals surface area contributed by atoms with Crippen molar-refractivity contribution < 1.29 is 9.53 Å². The quantitative estimate of drug-likeness (QED) is 0.752. The van der Waals surface area contributed by atoms with Crippen LogP contribution in [-0.2, 0) is 28.0 Å². The van der Waals surface area contributed by atoms with Crippen LogP contribution in [0.4, 0.5) is 0 Å². The first-order chi connectivity index (χ1) is 14.0. The van der Waals surface area contributed by atoms with E-state index in [4.69, 9.17) is 9.72 Å². The number of hydrogen-bond acceptors (Lipinski definition) is 6. The molecule has 29 heavy (non-hydrogen) atoms. The molecule has 0 N–H and O–H groups in total. The molecule has 6 nitrogen and oxygen atoms in total. The van der Waals surface area contributed by atoms with E-state index in [0.29, 0.717) is 12.5 Å². The topological polar surface area (TPSA) is 58.6 Å². The van der Waals surface area contributed by atoms with Crippen molar-refractivity contribution in [2.45, 2.75) is 51.1 Å². The molecule has 0 bridgehead atoms. The number of hydrogen-bond donors (Lipinski definition) is 0. The molecule has 4 heterocycles. The Kier molecular flexibility index (Phi) is 5.99. The highest BCUT2D eigenvalue weighted by atomic mass is 32.1. The second-order valence-electron chi connectivity index (χ2n) is 8.58. The highest BCUT2D eigenvalue weighted by Crippen LogP contribution is 2.44. The van der Waals surface area contributed by atoms with Crippen LogP contribution in [0.2, 0.25) is 0 Å². The summed E-state index contributed by atoms with van der Waals surface area (Å²) in [6.45, 7) is 8.91. The van der Waals surface area contributed by atoms with Crippen LogP contribution >= 0.6 is 11.3 Å². The number of amides is 1. The Bertz CT molecular complexity index is 844. The number of nitrogens with zero attached hydrogens (tertiary/aromatic N) is 4. The number of pyridine rings is 1. The van der Waals surface area contributed by atoms with Crippen LogP contribution in [0, 0.1) is 0 Å². The molecule has 1 fully saturated rings. The summed E-state index contributed by atoms with van der Waals surface area (Å²) in [4.78, 5) is 27.7. The van der Waals surface area contributed by atoms with Crippen molar-refractivity contribution >= 4 is 17.2 Å². The number of fused-ring (bicyclic) bond motifs is 2. The molecular formula is C22H30N4O2S. The zero-order valence-electron chi connectivity index (χ0n) is 17.6. The van der Waals surface area contributed by atoms with Gasteiger partial charge in [-0.2, -0.15) is 0 Å². The van der Waals surface area contributed by atoms with E-state index < -0.39 is 0 Å². The molecule has 0 unspecified atom stereocenters. The molecule has 0 saturated carbocycles. The molecule has 1 amide bonds. The maximum absolute atomic E-state index is 12.6. The first-order valence-corrected chi connectivity index (χ1v) is 11.2. The molecule has 0 atom stereocenters. The van der Waals surface area contributed by atoms with E-state index >= 15 is 0 Å². The Labute approximate surface area is 176 Å². The van der Waals surface area contributed by atoms with E-state index in [1.807, 2.05) is 23.4 Å². The molecule has 4 rings (SSSR count). The van der Waals surface area contributed by atoms with Gasteiger partial charge in [-0.05, 0) is 37.6 Å². The molecule has 0 radical (unpaired) electrons. The Balaban J connectivity index is 1.55. The van der Waals surface area contributed by atoms with Gasteiger partial charge in [0, 0.05) is 48.8 Å². The third kappa shape index (κ3) is 4.22. The summed E-state index contributed by atoms with van der Waals surface area (Å²) >= 11 is 1.79. The van der Waals surface area contributed by atoms with E-state index in [-0.39, 0.29) is 17.9 Å². The Hall–Kier alpha value is -1.83. The van der Waals surface area contributed by atoms with Crippen molar-refractivity contribution in [3.05, 3.63) is 45.7 Å². The van der Waals surface area contributed by atoms with Crippen LogP contribution in [0.25, 0.3) is 0 Å². The molecule has 156 valence electrons. The first-order valence-electron chi connectivity index (χ1n) is 10.4. The minimum absolute atomic E-state index is 0.0357. The number of aromatic nitrogens is 2. The SMILES string of the molecule is COCC(=O)N1Cc2sc(C(C)C)nc2C2(CCN(Cc3cccnc3)CC2)C1. The van der Waals surface area contributed by atoms with Crippen molar-refractivity contribution in [3.8, 4) is 0 Å². The predicted octanol–water partition coefficient (Wildman–Crippen LogP) is 3.18. The van der Waals surface area contributed by atoms with Crippen LogP contribution in [0.1, 0.15) is 53.7 Å². The number of thiazole rings is 1. The fourth-order valence-electron chi connectivity index (χ4n) is 4.48. The van der Waals surface area contributed by atoms with Gasteiger partial charge in [0.15, 0.2) is 0 Å². The van der Waals surface area contributed by atoms with Gasteiger partial charge in [0.25, 0.3) is 0 Å². The molecule has 2 aliphatic heterocycles. The van der Waals surface area contributed by atoms with Gasteiger partial charge in [0.1, 0.15) is 6.61 Å². The van der Waals surface area contributed by atoms with Crippen LogP contribution in [0.3, 0.4) is 0 Å². The number of carbonyl (C=O) groups excluding carboxylic acids is 1. The fraction of sp³-hybridized carbons (Fsp3) is 0.591. The van der Waals surface area contributed by atoms with Gasteiger partial charge in [-0.3, -0.25) is 14.7 Å². The first kappa shape index (κ1) is 20.4. The Morgan fingerprint density at radius 1 is 1.34 bits per heavy atom. The van der Waals surface area contributed by atoms with Gasteiger partial charge in [0.2, 0.25) is 5.91 Å². The standard InChI is InChI=1S/C22H30N4O2S/c1-16(2)21-24-20-18(29-21)13-26(19(27)14-28-3)15-22(20)6-9-25(10-7-22)12-17-5-4-8-23-11-17/h4-5,8,11,16H,6-7,9-10,12-15H2,1-3H3. The zero-order valence-corrected chi connectivity index (χ0v) is 18.4. The lowest BCUT2D eigenvalue weighted by Gasteiger charge is -2.46. The Morgan fingerprint density at radius 3 is 2.79 bits per heavy atom. The van der Waals surface area contributed by atoms with E-state index in [1.54, 1.807) is 18.4 Å². The highest BCUT2D eigenvalue weighted by Gasteiger charge is 2.45. The normalized spacial score (nSPS) is 19.0. The summed E-state index contributed by atoms with van der Waals surface area (Å²) in [6.07, 6.45) is 5.82. The maximum atomic E-state index is 12.6. The van der Waals surface area contributed by atoms with E-state index in [2.05, 4.69) is 29.8 Å². The molecule has 2 aromatic rings. The smallest absolute Gasteiger partial charge is 0.248 e. The molecule has 1 spiro atoms. The lowest BCUT2D eigenvalue weighted by molar-refractivity contribution is -0.137. The zero-order chi connectivity index (χ0) is 20.4. The second kappa shape index (κ2) is 8.50. The third-order valence-electron chi connectivity index (χ3n) is 6.10. The van der Waals surface area contributed by atoms with E-state index in [9.17, 15) is 4.79 Å². The Morgan fingerprint density at radius 2 is 2.14 bits per heavy atom. The second-order valence-corrected chi connectivity index (χ2v) is 9.69. The van der Waals surface area contributed by atoms with Crippen molar-refractivity contribution in [2.24, 2.45) is 0 Å². The van der Waals surface area contributed by atoms with Crippen LogP contribution in [0.5, 0.6) is 0 Å². The summed E-state index contributed by atoms with van der Waals surface area (Å²) in [5.41, 5.74) is 2.47. The van der Waals surface area contributed by atoms with Gasteiger partial charge >= 0.3 is 0 Å². The summed E-state index contributed by atoms with van der Waals surface area (Å²) in [5.74, 6) is 0.492. The number of rotatable bonds is 5.